The number of phenols is 1. The topological polar surface area (TPSA) is 112 Å². The van der Waals surface area contributed by atoms with Crippen molar-refractivity contribution in [1.82, 2.24) is 15.6 Å². The molecule has 1 aliphatic heterocycles. The summed E-state index contributed by atoms with van der Waals surface area (Å²) in [5.41, 5.74) is 9.83. The number of pyridine rings is 1. The van der Waals surface area contributed by atoms with Gasteiger partial charge in [-0.15, -0.1) is 0 Å². The Hall–Kier alpha value is -3.36. The van der Waals surface area contributed by atoms with Crippen molar-refractivity contribution in [1.29, 1.82) is 0 Å². The van der Waals surface area contributed by atoms with Crippen molar-refractivity contribution in [3.05, 3.63) is 64.7 Å². The second kappa shape index (κ2) is 12.1. The number of benzene rings is 2. The van der Waals surface area contributed by atoms with Crippen molar-refractivity contribution in [3.8, 4) is 17.0 Å². The van der Waals surface area contributed by atoms with Gasteiger partial charge in [-0.2, -0.15) is 0 Å². The smallest absolute Gasteiger partial charge is 0.223 e. The van der Waals surface area contributed by atoms with E-state index in [2.05, 4.69) is 20.9 Å². The van der Waals surface area contributed by atoms with Crippen LogP contribution in [0.3, 0.4) is 0 Å². The molecule has 9 heteroatoms. The third-order valence-electron chi connectivity index (χ3n) is 6.41. The first-order chi connectivity index (χ1) is 17.4. The first-order valence-corrected chi connectivity index (χ1v) is 12.5. The molecule has 2 heterocycles. The number of hydrogen-bond donors (Lipinski definition) is 5. The van der Waals surface area contributed by atoms with Gasteiger partial charge >= 0.3 is 0 Å². The fourth-order valence-corrected chi connectivity index (χ4v) is 4.55. The van der Waals surface area contributed by atoms with E-state index in [0.717, 1.165) is 37.9 Å². The maximum atomic E-state index is 13.4. The molecule has 0 saturated carbocycles. The van der Waals surface area contributed by atoms with Crippen LogP contribution in [-0.4, -0.2) is 35.6 Å². The summed E-state index contributed by atoms with van der Waals surface area (Å²) in [7, 11) is 0. The molecule has 1 aromatic heterocycles. The Bertz CT molecular complexity index is 1220. The van der Waals surface area contributed by atoms with E-state index in [-0.39, 0.29) is 17.6 Å². The summed E-state index contributed by atoms with van der Waals surface area (Å²) in [5.74, 6) is 0.660. The number of nitrogen functional groups attached to an aromatic ring is 1. The number of nitrogens with two attached hydrogens (primary N) is 1. The van der Waals surface area contributed by atoms with Crippen molar-refractivity contribution in [2.75, 3.05) is 30.7 Å². The SMILES string of the molecule is Nc1nc(-c2cc(Nc3ccc(Cl)cc3CF)ccc2O)ccc1CCCNC(=O)C1CCNCC1. The number of phenolic OH excluding ortho intramolecular Hbond substituents is 1. The van der Waals surface area contributed by atoms with Crippen LogP contribution in [0.5, 0.6) is 5.75 Å². The number of anilines is 3. The maximum Gasteiger partial charge on any atom is 0.223 e. The van der Waals surface area contributed by atoms with Crippen LogP contribution in [0.2, 0.25) is 5.02 Å². The van der Waals surface area contributed by atoms with Gasteiger partial charge < -0.3 is 26.8 Å². The minimum absolute atomic E-state index is 0.0580. The molecule has 6 N–H and O–H groups in total. The zero-order valence-electron chi connectivity index (χ0n) is 20.0. The Labute approximate surface area is 215 Å². The molecular formula is C27H31ClFN5O2. The van der Waals surface area contributed by atoms with Gasteiger partial charge in [-0.1, -0.05) is 17.7 Å². The summed E-state index contributed by atoms with van der Waals surface area (Å²) in [5, 5.41) is 20.4. The largest absolute Gasteiger partial charge is 0.507 e. The minimum Gasteiger partial charge on any atom is -0.507 e. The third-order valence-corrected chi connectivity index (χ3v) is 6.64. The summed E-state index contributed by atoms with van der Waals surface area (Å²) in [6.07, 6.45) is 3.20. The lowest BCUT2D eigenvalue weighted by Crippen LogP contribution is -2.38. The lowest BCUT2D eigenvalue weighted by atomic mass is 9.97. The third kappa shape index (κ3) is 6.44. The first-order valence-electron chi connectivity index (χ1n) is 12.1. The lowest BCUT2D eigenvalue weighted by Gasteiger charge is -2.21. The standard InChI is InChI=1S/C27H31ClFN5O2/c28-20-4-7-23(19(14-20)16-29)33-21-5-8-25(35)22(15-21)24-6-3-17(26(30)34-24)2-1-11-32-27(36)18-9-12-31-13-10-18/h3-8,14-15,18,31,33,35H,1-2,9-13,16H2,(H2,30,34)(H,32,36). The molecule has 0 aliphatic carbocycles. The van der Waals surface area contributed by atoms with Crippen LogP contribution in [0.15, 0.2) is 48.5 Å². The highest BCUT2D eigenvalue weighted by Crippen LogP contribution is 2.34. The predicted octanol–water partition coefficient (Wildman–Crippen LogP) is 4.95. The molecule has 2 aromatic carbocycles. The van der Waals surface area contributed by atoms with Gasteiger partial charge in [-0.25, -0.2) is 9.37 Å². The van der Waals surface area contributed by atoms with Crippen molar-refractivity contribution in [3.63, 3.8) is 0 Å². The number of alkyl halides is 1. The Morgan fingerprint density at radius 2 is 1.94 bits per heavy atom. The van der Waals surface area contributed by atoms with Gasteiger partial charge in [0, 0.05) is 40.0 Å². The molecule has 0 radical (unpaired) electrons. The van der Waals surface area contributed by atoms with Crippen LogP contribution in [0.25, 0.3) is 11.3 Å². The molecule has 0 unspecified atom stereocenters. The van der Waals surface area contributed by atoms with Gasteiger partial charge in [-0.3, -0.25) is 4.79 Å². The van der Waals surface area contributed by atoms with Gasteiger partial charge in [0.25, 0.3) is 0 Å². The van der Waals surface area contributed by atoms with Gasteiger partial charge in [0.2, 0.25) is 5.91 Å². The number of amides is 1. The van der Waals surface area contributed by atoms with Crippen molar-refractivity contribution >= 4 is 34.7 Å². The van der Waals surface area contributed by atoms with Crippen molar-refractivity contribution in [2.24, 2.45) is 5.92 Å². The average Bonchev–Trinajstić information content (AvgIpc) is 2.89. The number of hydrogen-bond acceptors (Lipinski definition) is 6. The van der Waals surface area contributed by atoms with E-state index in [4.69, 9.17) is 17.3 Å². The average molecular weight is 512 g/mol. The van der Waals surface area contributed by atoms with E-state index in [9.17, 15) is 14.3 Å². The van der Waals surface area contributed by atoms with E-state index in [1.807, 2.05) is 12.1 Å². The molecule has 7 nitrogen and oxygen atoms in total. The second-order valence-electron chi connectivity index (χ2n) is 8.95. The molecule has 1 amide bonds. The van der Waals surface area contributed by atoms with Crippen LogP contribution in [0.1, 0.15) is 30.4 Å². The number of carbonyl (C=O) groups is 1. The molecular weight excluding hydrogens is 481 g/mol. The Morgan fingerprint density at radius 3 is 2.69 bits per heavy atom. The molecule has 1 saturated heterocycles. The molecule has 3 aromatic rings. The van der Waals surface area contributed by atoms with Gasteiger partial charge in [0.1, 0.15) is 18.2 Å². The number of aromatic hydroxyl groups is 1. The van der Waals surface area contributed by atoms with Crippen molar-refractivity contribution < 1.29 is 14.3 Å². The van der Waals surface area contributed by atoms with E-state index in [0.29, 0.717) is 52.0 Å². The van der Waals surface area contributed by atoms with Gasteiger partial charge in [-0.05, 0) is 86.8 Å². The van der Waals surface area contributed by atoms with Crippen LogP contribution >= 0.6 is 11.6 Å². The summed E-state index contributed by atoms with van der Waals surface area (Å²) in [4.78, 5) is 16.8. The molecule has 36 heavy (non-hydrogen) atoms. The van der Waals surface area contributed by atoms with Crippen molar-refractivity contribution in [2.45, 2.75) is 32.4 Å². The monoisotopic (exact) mass is 511 g/mol. The van der Waals surface area contributed by atoms with E-state index in [1.54, 1.807) is 36.4 Å². The number of piperidine rings is 1. The molecule has 1 aliphatic rings. The minimum atomic E-state index is -0.658. The predicted molar refractivity (Wildman–Crippen MR) is 142 cm³/mol. The number of rotatable bonds is 9. The number of aromatic nitrogens is 1. The number of halogens is 2. The molecule has 0 atom stereocenters. The maximum absolute atomic E-state index is 13.4. The number of carbonyl (C=O) groups excluding carboxylic acids is 1. The Morgan fingerprint density at radius 1 is 1.14 bits per heavy atom. The fourth-order valence-electron chi connectivity index (χ4n) is 4.35. The molecule has 4 rings (SSSR count). The highest BCUT2D eigenvalue weighted by molar-refractivity contribution is 6.30. The number of nitrogens with zero attached hydrogens (tertiary/aromatic N) is 1. The summed E-state index contributed by atoms with van der Waals surface area (Å²) < 4.78 is 13.4. The Kier molecular flexibility index (Phi) is 8.61. The molecule has 0 spiro atoms. The lowest BCUT2D eigenvalue weighted by molar-refractivity contribution is -0.125. The normalized spacial score (nSPS) is 13.9. The fraction of sp³-hybridized carbons (Fsp3) is 0.333. The Balaban J connectivity index is 1.39. The van der Waals surface area contributed by atoms with E-state index < -0.39 is 6.67 Å². The van der Waals surface area contributed by atoms with E-state index in [1.165, 1.54) is 0 Å². The molecule has 1 fully saturated rings. The molecule has 190 valence electrons. The highest BCUT2D eigenvalue weighted by atomic mass is 35.5. The second-order valence-corrected chi connectivity index (χ2v) is 9.39. The van der Waals surface area contributed by atoms with Gasteiger partial charge in [0.15, 0.2) is 0 Å². The summed E-state index contributed by atoms with van der Waals surface area (Å²) in [6, 6.07) is 13.7. The van der Waals surface area contributed by atoms with E-state index >= 15 is 0 Å². The summed E-state index contributed by atoms with van der Waals surface area (Å²) in [6.45, 7) is 1.71. The molecule has 0 bridgehead atoms. The van der Waals surface area contributed by atoms with Crippen LogP contribution in [0.4, 0.5) is 21.6 Å². The first kappa shape index (κ1) is 25.7. The van der Waals surface area contributed by atoms with Crippen LogP contribution in [0, 0.1) is 5.92 Å². The zero-order chi connectivity index (χ0) is 25.5. The van der Waals surface area contributed by atoms with Crippen LogP contribution in [-0.2, 0) is 17.9 Å². The van der Waals surface area contributed by atoms with Crippen LogP contribution < -0.4 is 21.7 Å². The number of aryl methyl sites for hydroxylation is 1. The van der Waals surface area contributed by atoms with Gasteiger partial charge in [0.05, 0.1) is 5.69 Å². The zero-order valence-corrected chi connectivity index (χ0v) is 20.7. The quantitative estimate of drug-likeness (QED) is 0.205. The summed E-state index contributed by atoms with van der Waals surface area (Å²) >= 11 is 5.97. The highest BCUT2D eigenvalue weighted by Gasteiger charge is 2.20. The number of nitrogens with one attached hydrogen (secondary N) is 3.